The number of halogens is 1. The molecular formula is C26H27ClN4O5S. The number of carbonyl (C=O) groups is 2. The highest BCUT2D eigenvalue weighted by Gasteiger charge is 2.27. The van der Waals surface area contributed by atoms with Crippen molar-refractivity contribution in [1.29, 1.82) is 0 Å². The second-order valence-corrected chi connectivity index (χ2v) is 10.5. The van der Waals surface area contributed by atoms with Crippen molar-refractivity contribution >= 4 is 45.3 Å². The maximum absolute atomic E-state index is 13.3. The van der Waals surface area contributed by atoms with Crippen LogP contribution in [-0.4, -0.2) is 45.6 Å². The number of anilines is 1. The van der Waals surface area contributed by atoms with Gasteiger partial charge in [0.05, 0.1) is 16.8 Å². The van der Waals surface area contributed by atoms with Crippen molar-refractivity contribution in [1.82, 2.24) is 10.7 Å². The Labute approximate surface area is 221 Å². The molecule has 0 saturated heterocycles. The standard InChI is InChI=1S/C26H27ClN4O5S/c1-19(2)29-26(33)18-36-23-13-11-20(12-14-23)16-28-30-25(32)17-31(22-8-6-7-21(27)15-22)37(34,35)24-9-4-3-5-10-24/h3-16,19H,17-18H2,1-2H3,(H,29,33)(H,30,32)/b28-16-. The quantitative estimate of drug-likeness (QED) is 0.284. The molecule has 0 aliphatic carbocycles. The van der Waals surface area contributed by atoms with E-state index in [1.807, 2.05) is 13.8 Å². The first-order valence-corrected chi connectivity index (χ1v) is 13.1. The maximum Gasteiger partial charge on any atom is 0.264 e. The zero-order chi connectivity index (χ0) is 26.8. The van der Waals surface area contributed by atoms with Crippen LogP contribution in [-0.2, 0) is 19.6 Å². The fourth-order valence-electron chi connectivity index (χ4n) is 3.17. The van der Waals surface area contributed by atoms with Gasteiger partial charge in [-0.15, -0.1) is 0 Å². The van der Waals surface area contributed by atoms with Gasteiger partial charge < -0.3 is 10.1 Å². The minimum absolute atomic E-state index is 0.0286. The van der Waals surface area contributed by atoms with Crippen molar-refractivity contribution in [2.45, 2.75) is 24.8 Å². The zero-order valence-electron chi connectivity index (χ0n) is 20.3. The zero-order valence-corrected chi connectivity index (χ0v) is 21.9. The fourth-order valence-corrected chi connectivity index (χ4v) is 4.79. The Morgan fingerprint density at radius 1 is 1.00 bits per heavy atom. The van der Waals surface area contributed by atoms with Crippen molar-refractivity contribution in [3.63, 3.8) is 0 Å². The molecule has 11 heteroatoms. The highest BCUT2D eigenvalue weighted by atomic mass is 35.5. The summed E-state index contributed by atoms with van der Waals surface area (Å²) in [6, 6.07) is 20.8. The van der Waals surface area contributed by atoms with Crippen LogP contribution in [0, 0.1) is 0 Å². The smallest absolute Gasteiger partial charge is 0.264 e. The third-order valence-corrected chi connectivity index (χ3v) is 6.84. The predicted octanol–water partition coefficient (Wildman–Crippen LogP) is 3.59. The molecule has 0 atom stereocenters. The Morgan fingerprint density at radius 2 is 1.70 bits per heavy atom. The molecule has 0 spiro atoms. The molecule has 0 aromatic heterocycles. The molecule has 0 unspecified atom stereocenters. The summed E-state index contributed by atoms with van der Waals surface area (Å²) in [7, 11) is -4.05. The maximum atomic E-state index is 13.3. The Morgan fingerprint density at radius 3 is 2.35 bits per heavy atom. The lowest BCUT2D eigenvalue weighted by Gasteiger charge is -2.23. The molecule has 3 rings (SSSR count). The Balaban J connectivity index is 1.64. The molecule has 0 heterocycles. The summed E-state index contributed by atoms with van der Waals surface area (Å²) in [4.78, 5) is 24.4. The molecule has 2 amide bonds. The molecule has 0 aliphatic heterocycles. The van der Waals surface area contributed by atoms with Gasteiger partial charge >= 0.3 is 0 Å². The average Bonchev–Trinajstić information content (AvgIpc) is 2.87. The number of ether oxygens (including phenoxy) is 1. The van der Waals surface area contributed by atoms with Crippen molar-refractivity contribution < 1.29 is 22.7 Å². The molecule has 37 heavy (non-hydrogen) atoms. The van der Waals surface area contributed by atoms with Crippen molar-refractivity contribution in [3.8, 4) is 5.75 Å². The van der Waals surface area contributed by atoms with Crippen LogP contribution in [0.25, 0.3) is 0 Å². The van der Waals surface area contributed by atoms with Gasteiger partial charge in [-0.1, -0.05) is 35.9 Å². The van der Waals surface area contributed by atoms with Gasteiger partial charge in [0, 0.05) is 11.1 Å². The lowest BCUT2D eigenvalue weighted by Crippen LogP contribution is -2.39. The molecule has 9 nitrogen and oxygen atoms in total. The van der Waals surface area contributed by atoms with Crippen LogP contribution in [0.1, 0.15) is 19.4 Å². The van der Waals surface area contributed by atoms with E-state index in [2.05, 4.69) is 15.8 Å². The number of hydrogen-bond donors (Lipinski definition) is 2. The molecule has 0 bridgehead atoms. The first kappa shape index (κ1) is 27.7. The Hall–Kier alpha value is -3.89. The lowest BCUT2D eigenvalue weighted by molar-refractivity contribution is -0.123. The van der Waals surface area contributed by atoms with Gasteiger partial charge in [0.2, 0.25) is 0 Å². The molecule has 3 aromatic rings. The van der Waals surface area contributed by atoms with E-state index < -0.39 is 22.5 Å². The monoisotopic (exact) mass is 542 g/mol. The summed E-state index contributed by atoms with van der Waals surface area (Å²) in [6.45, 7) is 3.11. The second-order valence-electron chi connectivity index (χ2n) is 8.18. The number of sulfonamides is 1. The average molecular weight is 543 g/mol. The molecule has 0 aliphatic rings. The van der Waals surface area contributed by atoms with Gasteiger partial charge in [-0.2, -0.15) is 5.10 Å². The number of rotatable bonds is 11. The van der Waals surface area contributed by atoms with E-state index in [0.29, 0.717) is 16.3 Å². The number of nitrogens with one attached hydrogen (secondary N) is 2. The minimum atomic E-state index is -4.05. The predicted molar refractivity (Wildman–Crippen MR) is 143 cm³/mol. The van der Waals surface area contributed by atoms with E-state index >= 15 is 0 Å². The van der Waals surface area contributed by atoms with Crippen LogP contribution in [0.5, 0.6) is 5.75 Å². The summed E-state index contributed by atoms with van der Waals surface area (Å²) in [6.07, 6.45) is 1.41. The molecule has 3 aromatic carbocycles. The van der Waals surface area contributed by atoms with Gasteiger partial charge in [-0.05, 0) is 74.0 Å². The summed E-state index contributed by atoms with van der Waals surface area (Å²) < 4.78 is 33.0. The third-order valence-electron chi connectivity index (χ3n) is 4.82. The summed E-state index contributed by atoms with van der Waals surface area (Å²) in [5, 5.41) is 6.99. The molecular weight excluding hydrogens is 516 g/mol. The number of nitrogens with zero attached hydrogens (tertiary/aromatic N) is 2. The normalized spacial score (nSPS) is 11.4. The van der Waals surface area contributed by atoms with Crippen LogP contribution in [0.4, 0.5) is 5.69 Å². The molecule has 194 valence electrons. The van der Waals surface area contributed by atoms with E-state index in [1.165, 1.54) is 24.4 Å². The first-order chi connectivity index (χ1) is 17.6. The van der Waals surface area contributed by atoms with E-state index in [4.69, 9.17) is 16.3 Å². The van der Waals surface area contributed by atoms with Crippen LogP contribution < -0.4 is 19.8 Å². The van der Waals surface area contributed by atoms with Gasteiger partial charge in [0.1, 0.15) is 12.3 Å². The van der Waals surface area contributed by atoms with Gasteiger partial charge in [-0.3, -0.25) is 13.9 Å². The number of benzene rings is 3. The Bertz CT molecular complexity index is 1350. The third kappa shape index (κ3) is 8.33. The topological polar surface area (TPSA) is 117 Å². The van der Waals surface area contributed by atoms with Gasteiger partial charge in [0.25, 0.3) is 21.8 Å². The number of amides is 2. The number of hydrogen-bond acceptors (Lipinski definition) is 6. The van der Waals surface area contributed by atoms with E-state index in [1.54, 1.807) is 60.7 Å². The van der Waals surface area contributed by atoms with Crippen molar-refractivity contribution in [3.05, 3.63) is 89.4 Å². The van der Waals surface area contributed by atoms with Crippen molar-refractivity contribution in [2.75, 3.05) is 17.5 Å². The second kappa shape index (κ2) is 12.9. The van der Waals surface area contributed by atoms with Crippen LogP contribution in [0.3, 0.4) is 0 Å². The van der Waals surface area contributed by atoms with Crippen LogP contribution in [0.15, 0.2) is 88.9 Å². The Kier molecular flexibility index (Phi) is 9.64. The van der Waals surface area contributed by atoms with Crippen molar-refractivity contribution in [2.24, 2.45) is 5.10 Å². The number of hydrazone groups is 1. The fraction of sp³-hybridized carbons (Fsp3) is 0.192. The van der Waals surface area contributed by atoms with Gasteiger partial charge in [0.15, 0.2) is 6.61 Å². The SMILES string of the molecule is CC(C)NC(=O)COc1ccc(/C=N\NC(=O)CN(c2cccc(Cl)c2)S(=O)(=O)c2ccccc2)cc1. The van der Waals surface area contributed by atoms with Gasteiger partial charge in [-0.25, -0.2) is 13.8 Å². The molecule has 0 saturated carbocycles. The highest BCUT2D eigenvalue weighted by Crippen LogP contribution is 2.25. The highest BCUT2D eigenvalue weighted by molar-refractivity contribution is 7.92. The minimum Gasteiger partial charge on any atom is -0.484 e. The summed E-state index contributed by atoms with van der Waals surface area (Å²) in [5.41, 5.74) is 3.25. The van der Waals surface area contributed by atoms with E-state index in [9.17, 15) is 18.0 Å². The lowest BCUT2D eigenvalue weighted by atomic mass is 10.2. The first-order valence-electron chi connectivity index (χ1n) is 11.3. The molecule has 2 N–H and O–H groups in total. The number of carbonyl (C=O) groups excluding carboxylic acids is 2. The molecule has 0 fully saturated rings. The van der Waals surface area contributed by atoms with Crippen LogP contribution in [0.2, 0.25) is 5.02 Å². The molecule has 0 radical (unpaired) electrons. The largest absolute Gasteiger partial charge is 0.484 e. The van der Waals surface area contributed by atoms with E-state index in [0.717, 1.165) is 4.31 Å². The van der Waals surface area contributed by atoms with E-state index in [-0.39, 0.29) is 29.1 Å². The van der Waals surface area contributed by atoms with Crippen LogP contribution >= 0.6 is 11.6 Å². The summed E-state index contributed by atoms with van der Waals surface area (Å²) in [5.74, 6) is -0.361. The summed E-state index contributed by atoms with van der Waals surface area (Å²) >= 11 is 6.06.